The summed E-state index contributed by atoms with van der Waals surface area (Å²) in [5.74, 6) is -0.798. The smallest absolute Gasteiger partial charge is 0.235 e. The Balaban J connectivity index is 2.03. The second-order valence-corrected chi connectivity index (χ2v) is 9.08. The summed E-state index contributed by atoms with van der Waals surface area (Å²) in [6.45, 7) is 1.55. The van der Waals surface area contributed by atoms with Gasteiger partial charge in [0, 0.05) is 11.4 Å². The van der Waals surface area contributed by atoms with Crippen LogP contribution in [0.2, 0.25) is 0 Å². The third-order valence-electron chi connectivity index (χ3n) is 4.05. The molecule has 5 nitrogen and oxygen atoms in total. The van der Waals surface area contributed by atoms with Gasteiger partial charge in [0.15, 0.2) is 0 Å². The molecule has 0 heterocycles. The highest BCUT2D eigenvalue weighted by atomic mass is 32.2. The van der Waals surface area contributed by atoms with E-state index in [-0.39, 0.29) is 19.1 Å². The van der Waals surface area contributed by atoms with Gasteiger partial charge in [0.2, 0.25) is 15.9 Å². The number of carbonyl (C=O) groups excluding carboxylic acids is 1. The van der Waals surface area contributed by atoms with Crippen molar-refractivity contribution in [3.8, 4) is 0 Å². The van der Waals surface area contributed by atoms with Crippen molar-refractivity contribution in [2.45, 2.75) is 24.4 Å². The summed E-state index contributed by atoms with van der Waals surface area (Å²) >= 11 is 1.63. The van der Waals surface area contributed by atoms with E-state index < -0.39 is 21.7 Å². The highest BCUT2D eigenvalue weighted by Gasteiger charge is 2.21. The lowest BCUT2D eigenvalue weighted by molar-refractivity contribution is -0.122. The van der Waals surface area contributed by atoms with Gasteiger partial charge in [0.05, 0.1) is 18.8 Å². The van der Waals surface area contributed by atoms with Crippen molar-refractivity contribution in [3.05, 3.63) is 65.5 Å². The maximum atomic E-state index is 13.0. The average molecular weight is 411 g/mol. The van der Waals surface area contributed by atoms with Crippen molar-refractivity contribution in [1.82, 2.24) is 9.62 Å². The largest absolute Gasteiger partial charge is 0.348 e. The molecule has 0 saturated heterocycles. The summed E-state index contributed by atoms with van der Waals surface area (Å²) in [7, 11) is -3.60. The fourth-order valence-electron chi connectivity index (χ4n) is 2.51. The molecular weight excluding hydrogens is 387 g/mol. The van der Waals surface area contributed by atoms with Crippen LogP contribution in [-0.4, -0.2) is 37.7 Å². The van der Waals surface area contributed by atoms with Crippen LogP contribution in [0.15, 0.2) is 53.4 Å². The molecule has 27 heavy (non-hydrogen) atoms. The topological polar surface area (TPSA) is 66.5 Å². The van der Waals surface area contributed by atoms with Crippen molar-refractivity contribution in [3.63, 3.8) is 0 Å². The van der Waals surface area contributed by atoms with Gasteiger partial charge in [-0.3, -0.25) is 4.79 Å². The highest BCUT2D eigenvalue weighted by molar-refractivity contribution is 7.98. The lowest BCUT2D eigenvalue weighted by Crippen LogP contribution is -2.40. The van der Waals surface area contributed by atoms with Gasteiger partial charge in [-0.1, -0.05) is 24.3 Å². The van der Waals surface area contributed by atoms with E-state index in [1.165, 1.54) is 24.3 Å². The Kier molecular flexibility index (Phi) is 7.41. The average Bonchev–Trinajstić information content (AvgIpc) is 2.62. The number of benzene rings is 2. The summed E-state index contributed by atoms with van der Waals surface area (Å²) in [6, 6.07) is 13.1. The standard InChI is InChI=1S/C19H23FN2O3S2/c1-14(16-6-10-18(26-2)11-7-16)21-19(23)13-22(27(3,24)25)12-15-4-8-17(20)9-5-15/h4-11,14H,12-13H2,1-3H3,(H,21,23)/t14-/m0/s1. The third-order valence-corrected chi connectivity index (χ3v) is 5.99. The quantitative estimate of drug-likeness (QED) is 0.679. The second-order valence-electron chi connectivity index (χ2n) is 6.22. The summed E-state index contributed by atoms with van der Waals surface area (Å²) in [5.41, 5.74) is 1.54. The number of carbonyl (C=O) groups is 1. The monoisotopic (exact) mass is 410 g/mol. The summed E-state index contributed by atoms with van der Waals surface area (Å²) in [4.78, 5) is 13.5. The number of nitrogens with one attached hydrogen (secondary N) is 1. The Morgan fingerprint density at radius 3 is 2.26 bits per heavy atom. The van der Waals surface area contributed by atoms with E-state index in [2.05, 4.69) is 5.32 Å². The normalized spacial score (nSPS) is 12.8. The van der Waals surface area contributed by atoms with Crippen LogP contribution in [0.3, 0.4) is 0 Å². The number of amides is 1. The number of halogens is 1. The minimum absolute atomic E-state index is 0.00331. The molecule has 0 bridgehead atoms. The van der Waals surface area contributed by atoms with Gasteiger partial charge in [-0.05, 0) is 48.6 Å². The van der Waals surface area contributed by atoms with Crippen LogP contribution >= 0.6 is 11.8 Å². The van der Waals surface area contributed by atoms with E-state index in [1.54, 1.807) is 11.8 Å². The Hall–Kier alpha value is -1.90. The van der Waals surface area contributed by atoms with Gasteiger partial charge in [0.25, 0.3) is 0 Å². The zero-order valence-corrected chi connectivity index (χ0v) is 17.1. The number of hydrogen-bond donors (Lipinski definition) is 1. The molecule has 0 radical (unpaired) electrons. The molecule has 2 aromatic carbocycles. The van der Waals surface area contributed by atoms with Crippen molar-refractivity contribution >= 4 is 27.7 Å². The van der Waals surface area contributed by atoms with Crippen LogP contribution in [0.5, 0.6) is 0 Å². The SMILES string of the molecule is CSc1ccc([C@H](C)NC(=O)CN(Cc2ccc(F)cc2)S(C)(=O)=O)cc1. The first-order valence-electron chi connectivity index (χ1n) is 8.32. The fourth-order valence-corrected chi connectivity index (χ4v) is 3.65. The van der Waals surface area contributed by atoms with Crippen LogP contribution in [0.1, 0.15) is 24.1 Å². The van der Waals surface area contributed by atoms with Gasteiger partial charge >= 0.3 is 0 Å². The molecule has 0 unspecified atom stereocenters. The summed E-state index contributed by atoms with van der Waals surface area (Å²) in [6.07, 6.45) is 3.04. The van der Waals surface area contributed by atoms with Gasteiger partial charge < -0.3 is 5.32 Å². The van der Waals surface area contributed by atoms with Crippen LogP contribution in [0.4, 0.5) is 4.39 Å². The fraction of sp³-hybridized carbons (Fsp3) is 0.316. The van der Waals surface area contributed by atoms with Gasteiger partial charge in [-0.15, -0.1) is 11.8 Å². The predicted molar refractivity (Wildman–Crippen MR) is 106 cm³/mol. The molecule has 1 N–H and O–H groups in total. The maximum absolute atomic E-state index is 13.0. The first kappa shape index (κ1) is 21.4. The number of rotatable bonds is 8. The molecule has 1 atom stereocenters. The van der Waals surface area contributed by atoms with E-state index in [9.17, 15) is 17.6 Å². The molecule has 0 saturated carbocycles. The van der Waals surface area contributed by atoms with Crippen molar-refractivity contribution in [2.24, 2.45) is 0 Å². The first-order chi connectivity index (χ1) is 12.7. The lowest BCUT2D eigenvalue weighted by atomic mass is 10.1. The molecule has 146 valence electrons. The number of hydrogen-bond acceptors (Lipinski definition) is 4. The number of thioether (sulfide) groups is 1. The zero-order valence-electron chi connectivity index (χ0n) is 15.5. The Labute approximate surface area is 164 Å². The Morgan fingerprint density at radius 1 is 1.15 bits per heavy atom. The van der Waals surface area contributed by atoms with E-state index in [0.717, 1.165) is 21.0 Å². The molecule has 0 aliphatic heterocycles. The van der Waals surface area contributed by atoms with Gasteiger partial charge in [0.1, 0.15) is 5.82 Å². The van der Waals surface area contributed by atoms with Crippen LogP contribution < -0.4 is 5.32 Å². The summed E-state index contributed by atoms with van der Waals surface area (Å²) in [5, 5.41) is 2.82. The minimum Gasteiger partial charge on any atom is -0.348 e. The highest BCUT2D eigenvalue weighted by Crippen LogP contribution is 2.19. The first-order valence-corrected chi connectivity index (χ1v) is 11.4. The molecule has 1 amide bonds. The van der Waals surface area contributed by atoms with E-state index in [4.69, 9.17) is 0 Å². The van der Waals surface area contributed by atoms with E-state index >= 15 is 0 Å². The predicted octanol–water partition coefficient (Wildman–Crippen LogP) is 3.19. The zero-order chi connectivity index (χ0) is 20.0. The molecule has 0 fully saturated rings. The van der Waals surface area contributed by atoms with E-state index in [1.807, 2.05) is 37.4 Å². The van der Waals surface area contributed by atoms with Gasteiger partial charge in [-0.2, -0.15) is 4.31 Å². The van der Waals surface area contributed by atoms with Crippen LogP contribution in [0, 0.1) is 5.82 Å². The van der Waals surface area contributed by atoms with Crippen LogP contribution in [-0.2, 0) is 21.4 Å². The van der Waals surface area contributed by atoms with Crippen molar-refractivity contribution in [2.75, 3.05) is 19.1 Å². The molecule has 2 rings (SSSR count). The molecule has 0 spiro atoms. The second kappa shape index (κ2) is 9.34. The summed E-state index contributed by atoms with van der Waals surface area (Å²) < 4.78 is 38.2. The lowest BCUT2D eigenvalue weighted by Gasteiger charge is -2.21. The van der Waals surface area contributed by atoms with Crippen molar-refractivity contribution in [1.29, 1.82) is 0 Å². The molecule has 8 heteroatoms. The molecule has 2 aromatic rings. The molecule has 0 aliphatic carbocycles. The number of nitrogens with zero attached hydrogens (tertiary/aromatic N) is 1. The third kappa shape index (κ3) is 6.64. The van der Waals surface area contributed by atoms with E-state index in [0.29, 0.717) is 5.56 Å². The molecular formula is C19H23FN2O3S2. The molecule has 0 aromatic heterocycles. The Bertz CT molecular complexity index is 869. The minimum atomic E-state index is -3.60. The van der Waals surface area contributed by atoms with Crippen LogP contribution in [0.25, 0.3) is 0 Å². The van der Waals surface area contributed by atoms with Gasteiger partial charge in [-0.25, -0.2) is 12.8 Å². The maximum Gasteiger partial charge on any atom is 0.235 e. The van der Waals surface area contributed by atoms with Crippen molar-refractivity contribution < 1.29 is 17.6 Å². The number of sulfonamides is 1. The molecule has 0 aliphatic rings. The Morgan fingerprint density at radius 2 is 1.74 bits per heavy atom.